The summed E-state index contributed by atoms with van der Waals surface area (Å²) in [7, 11) is 1.78. The zero-order chi connectivity index (χ0) is 12.3. The van der Waals surface area contributed by atoms with Crippen LogP contribution in [0.1, 0.15) is 12.5 Å². The van der Waals surface area contributed by atoms with Crippen LogP contribution in [0.2, 0.25) is 0 Å². The molecule has 1 rings (SSSR count). The zero-order valence-corrected chi connectivity index (χ0v) is 10.0. The van der Waals surface area contributed by atoms with E-state index >= 15 is 0 Å². The minimum Gasteiger partial charge on any atom is -0.392 e. The van der Waals surface area contributed by atoms with Gasteiger partial charge in [0.05, 0.1) is 11.0 Å². The van der Waals surface area contributed by atoms with Gasteiger partial charge in [-0.2, -0.15) is 0 Å². The molecular formula is C11H14F2N2S. The Morgan fingerprint density at radius 3 is 2.62 bits per heavy atom. The average molecular weight is 244 g/mol. The Morgan fingerprint density at radius 1 is 1.50 bits per heavy atom. The van der Waals surface area contributed by atoms with Crippen LogP contribution < -0.4 is 5.73 Å². The number of rotatable bonds is 4. The van der Waals surface area contributed by atoms with E-state index in [4.69, 9.17) is 18.0 Å². The topological polar surface area (TPSA) is 29.3 Å². The Hall–Kier alpha value is -1.07. The molecule has 5 heteroatoms. The minimum absolute atomic E-state index is 0.126. The van der Waals surface area contributed by atoms with Crippen LogP contribution in [0.4, 0.5) is 8.78 Å². The molecule has 0 spiro atoms. The molecule has 2 nitrogen and oxygen atoms in total. The highest BCUT2D eigenvalue weighted by Gasteiger charge is 2.14. The highest BCUT2D eigenvalue weighted by Crippen LogP contribution is 2.12. The molecule has 1 aromatic carbocycles. The molecule has 0 aliphatic heterocycles. The summed E-state index contributed by atoms with van der Waals surface area (Å²) in [6, 6.07) is 3.40. The normalized spacial score (nSPS) is 12.8. The number of nitrogens with zero attached hydrogens (tertiary/aromatic N) is 1. The Kier molecular flexibility index (Phi) is 4.32. The van der Waals surface area contributed by atoms with Gasteiger partial charge in [-0.05, 0) is 20.0 Å². The molecule has 88 valence electrons. The number of nitrogens with two attached hydrogens (primary N) is 1. The second-order valence-corrected chi connectivity index (χ2v) is 4.20. The molecule has 1 atom stereocenters. The van der Waals surface area contributed by atoms with Gasteiger partial charge in [0.25, 0.3) is 0 Å². The van der Waals surface area contributed by atoms with Crippen molar-refractivity contribution in [2.45, 2.75) is 19.5 Å². The molecule has 0 amide bonds. The lowest BCUT2D eigenvalue weighted by molar-refractivity contribution is 0.299. The lowest BCUT2D eigenvalue weighted by Gasteiger charge is -2.23. The first-order valence-corrected chi connectivity index (χ1v) is 5.26. The molecule has 16 heavy (non-hydrogen) atoms. The van der Waals surface area contributed by atoms with Crippen molar-refractivity contribution in [1.82, 2.24) is 4.90 Å². The maximum atomic E-state index is 13.3. The third-order valence-corrected chi connectivity index (χ3v) is 2.85. The van der Waals surface area contributed by atoms with E-state index in [1.54, 1.807) is 11.9 Å². The summed E-state index contributed by atoms with van der Waals surface area (Å²) in [5.74, 6) is -1.13. The summed E-state index contributed by atoms with van der Waals surface area (Å²) in [5.41, 5.74) is 5.91. The van der Waals surface area contributed by atoms with Gasteiger partial charge in [0, 0.05) is 18.2 Å². The SMILES string of the molecule is CC(C(N)=S)N(C)Cc1ccc(F)cc1F. The van der Waals surface area contributed by atoms with Crippen molar-refractivity contribution in [3.05, 3.63) is 35.4 Å². The summed E-state index contributed by atoms with van der Waals surface area (Å²) in [5, 5.41) is 0. The van der Waals surface area contributed by atoms with Crippen LogP contribution in [0.5, 0.6) is 0 Å². The van der Waals surface area contributed by atoms with E-state index in [0.29, 0.717) is 17.1 Å². The highest BCUT2D eigenvalue weighted by atomic mass is 32.1. The van der Waals surface area contributed by atoms with E-state index in [-0.39, 0.29) is 6.04 Å². The van der Waals surface area contributed by atoms with Crippen LogP contribution in [-0.4, -0.2) is 23.0 Å². The first kappa shape index (κ1) is 13.0. The molecule has 0 radical (unpaired) electrons. The lowest BCUT2D eigenvalue weighted by atomic mass is 10.1. The van der Waals surface area contributed by atoms with E-state index in [1.165, 1.54) is 12.1 Å². The predicted molar refractivity (Wildman–Crippen MR) is 64.1 cm³/mol. The number of benzene rings is 1. The van der Waals surface area contributed by atoms with Gasteiger partial charge in [0.2, 0.25) is 0 Å². The third kappa shape index (κ3) is 3.21. The van der Waals surface area contributed by atoms with E-state index in [2.05, 4.69) is 0 Å². The highest BCUT2D eigenvalue weighted by molar-refractivity contribution is 7.80. The van der Waals surface area contributed by atoms with Gasteiger partial charge in [0.15, 0.2) is 0 Å². The van der Waals surface area contributed by atoms with Crippen LogP contribution in [-0.2, 0) is 6.54 Å². The molecule has 0 aliphatic carbocycles. The maximum Gasteiger partial charge on any atom is 0.130 e. The first-order chi connectivity index (χ1) is 7.41. The Balaban J connectivity index is 2.77. The van der Waals surface area contributed by atoms with Crippen molar-refractivity contribution in [2.75, 3.05) is 7.05 Å². The number of hydrogen-bond acceptors (Lipinski definition) is 2. The number of halogens is 2. The van der Waals surface area contributed by atoms with Gasteiger partial charge in [-0.3, -0.25) is 4.90 Å². The van der Waals surface area contributed by atoms with Gasteiger partial charge in [-0.1, -0.05) is 18.3 Å². The summed E-state index contributed by atoms with van der Waals surface area (Å²) >= 11 is 4.85. The van der Waals surface area contributed by atoms with Crippen molar-refractivity contribution >= 4 is 17.2 Å². The average Bonchev–Trinajstić information content (AvgIpc) is 2.20. The van der Waals surface area contributed by atoms with Crippen molar-refractivity contribution in [1.29, 1.82) is 0 Å². The summed E-state index contributed by atoms with van der Waals surface area (Å²) in [6.45, 7) is 2.17. The van der Waals surface area contributed by atoms with Crippen molar-refractivity contribution < 1.29 is 8.78 Å². The van der Waals surface area contributed by atoms with Crippen LogP contribution in [0, 0.1) is 11.6 Å². The van der Waals surface area contributed by atoms with E-state index < -0.39 is 11.6 Å². The Bertz CT molecular complexity index is 396. The number of hydrogen-bond donors (Lipinski definition) is 1. The summed E-state index contributed by atoms with van der Waals surface area (Å²) in [6.07, 6.45) is 0. The largest absolute Gasteiger partial charge is 0.392 e. The summed E-state index contributed by atoms with van der Waals surface area (Å²) < 4.78 is 26.0. The zero-order valence-electron chi connectivity index (χ0n) is 9.21. The Labute approximate surface area is 99.0 Å². The van der Waals surface area contributed by atoms with Gasteiger partial charge in [0.1, 0.15) is 11.6 Å². The van der Waals surface area contributed by atoms with Crippen LogP contribution in [0.15, 0.2) is 18.2 Å². The summed E-state index contributed by atoms with van der Waals surface area (Å²) in [4.78, 5) is 2.16. The van der Waals surface area contributed by atoms with Gasteiger partial charge in [-0.25, -0.2) is 8.78 Å². The maximum absolute atomic E-state index is 13.3. The molecule has 1 aromatic rings. The first-order valence-electron chi connectivity index (χ1n) is 4.85. The monoisotopic (exact) mass is 244 g/mol. The van der Waals surface area contributed by atoms with Crippen molar-refractivity contribution in [3.63, 3.8) is 0 Å². The second kappa shape index (κ2) is 5.32. The lowest BCUT2D eigenvalue weighted by Crippen LogP contribution is -2.38. The van der Waals surface area contributed by atoms with Gasteiger partial charge < -0.3 is 5.73 Å². The quantitative estimate of drug-likeness (QED) is 0.822. The molecule has 2 N–H and O–H groups in total. The molecule has 0 aromatic heterocycles. The standard InChI is InChI=1S/C11H14F2N2S/c1-7(11(14)16)15(2)6-8-3-4-9(12)5-10(8)13/h3-5,7H,6H2,1-2H3,(H2,14,16). The molecular weight excluding hydrogens is 230 g/mol. The van der Waals surface area contributed by atoms with Crippen LogP contribution in [0.3, 0.4) is 0 Å². The third-order valence-electron chi connectivity index (χ3n) is 2.51. The molecule has 0 saturated carbocycles. The van der Waals surface area contributed by atoms with Crippen LogP contribution >= 0.6 is 12.2 Å². The van der Waals surface area contributed by atoms with Crippen LogP contribution in [0.25, 0.3) is 0 Å². The molecule has 0 heterocycles. The number of likely N-dealkylation sites (N-methyl/N-ethyl adjacent to an activating group) is 1. The smallest absolute Gasteiger partial charge is 0.130 e. The van der Waals surface area contributed by atoms with Crippen molar-refractivity contribution in [2.24, 2.45) is 5.73 Å². The Morgan fingerprint density at radius 2 is 2.12 bits per heavy atom. The fraction of sp³-hybridized carbons (Fsp3) is 0.364. The molecule has 0 fully saturated rings. The van der Waals surface area contributed by atoms with E-state index in [0.717, 1.165) is 6.07 Å². The molecule has 0 aliphatic rings. The second-order valence-electron chi connectivity index (χ2n) is 3.73. The molecule has 0 bridgehead atoms. The minimum atomic E-state index is -0.578. The van der Waals surface area contributed by atoms with Crippen molar-refractivity contribution in [3.8, 4) is 0 Å². The molecule has 1 unspecified atom stereocenters. The fourth-order valence-corrected chi connectivity index (χ4v) is 1.45. The van der Waals surface area contributed by atoms with Gasteiger partial charge >= 0.3 is 0 Å². The van der Waals surface area contributed by atoms with Gasteiger partial charge in [-0.15, -0.1) is 0 Å². The predicted octanol–water partition coefficient (Wildman–Crippen LogP) is 2.07. The van der Waals surface area contributed by atoms with E-state index in [1.807, 2.05) is 6.92 Å². The fourth-order valence-electron chi connectivity index (χ4n) is 1.27. The van der Waals surface area contributed by atoms with E-state index in [9.17, 15) is 8.78 Å². The number of thiocarbonyl (C=S) groups is 1. The molecule has 0 saturated heterocycles.